The molecule has 104 valence electrons. The summed E-state index contributed by atoms with van der Waals surface area (Å²) in [5.74, 6) is 0.167. The molecule has 0 aromatic heterocycles. The highest BCUT2D eigenvalue weighted by atomic mass is 16.5. The first kappa shape index (κ1) is 13.8. The van der Waals surface area contributed by atoms with Crippen molar-refractivity contribution in [1.29, 1.82) is 0 Å². The maximum absolute atomic E-state index is 12.1. The van der Waals surface area contributed by atoms with E-state index in [0.717, 1.165) is 12.8 Å². The molecule has 4 atom stereocenters. The Labute approximate surface area is 109 Å². The Morgan fingerprint density at radius 2 is 2.06 bits per heavy atom. The van der Waals surface area contributed by atoms with Gasteiger partial charge in [-0.1, -0.05) is 20.8 Å². The van der Waals surface area contributed by atoms with Crippen molar-refractivity contribution >= 4 is 5.97 Å². The van der Waals surface area contributed by atoms with Crippen molar-refractivity contribution in [3.8, 4) is 0 Å². The summed E-state index contributed by atoms with van der Waals surface area (Å²) < 4.78 is 10.9. The van der Waals surface area contributed by atoms with Crippen LogP contribution in [0.4, 0.5) is 0 Å². The fourth-order valence-corrected chi connectivity index (χ4v) is 3.41. The van der Waals surface area contributed by atoms with Crippen LogP contribution in [-0.4, -0.2) is 31.3 Å². The molecule has 1 heterocycles. The van der Waals surface area contributed by atoms with E-state index in [-0.39, 0.29) is 29.4 Å². The molecule has 1 saturated heterocycles. The van der Waals surface area contributed by atoms with Gasteiger partial charge in [-0.15, -0.1) is 0 Å². The molecule has 2 aliphatic rings. The molecule has 4 heteroatoms. The number of hydrogen-bond donors (Lipinski definition) is 1. The highest BCUT2D eigenvalue weighted by Gasteiger charge is 2.38. The fraction of sp³-hybridized carbons (Fsp3) is 0.929. The molecule has 0 amide bonds. The van der Waals surface area contributed by atoms with Crippen LogP contribution < -0.4 is 5.73 Å². The van der Waals surface area contributed by atoms with Gasteiger partial charge in [0, 0.05) is 6.04 Å². The third-order valence-corrected chi connectivity index (χ3v) is 4.06. The van der Waals surface area contributed by atoms with Crippen LogP contribution in [0.3, 0.4) is 0 Å². The highest BCUT2D eigenvalue weighted by molar-refractivity contribution is 5.74. The van der Waals surface area contributed by atoms with Gasteiger partial charge in [-0.05, 0) is 30.6 Å². The largest absolute Gasteiger partial charge is 0.462 e. The summed E-state index contributed by atoms with van der Waals surface area (Å²) in [4.78, 5) is 12.1. The van der Waals surface area contributed by atoms with Crippen molar-refractivity contribution < 1.29 is 14.3 Å². The van der Waals surface area contributed by atoms with E-state index in [9.17, 15) is 4.79 Å². The number of ether oxygens (including phenoxy) is 2. The summed E-state index contributed by atoms with van der Waals surface area (Å²) in [6, 6.07) is -0.202. The van der Waals surface area contributed by atoms with Gasteiger partial charge in [0.25, 0.3) is 0 Å². The molecule has 0 spiro atoms. The van der Waals surface area contributed by atoms with Crippen LogP contribution in [0.25, 0.3) is 0 Å². The number of esters is 1. The van der Waals surface area contributed by atoms with E-state index >= 15 is 0 Å². The summed E-state index contributed by atoms with van der Waals surface area (Å²) >= 11 is 0. The molecular formula is C14H25NO3. The van der Waals surface area contributed by atoms with Gasteiger partial charge in [-0.25, -0.2) is 0 Å². The number of carbonyl (C=O) groups is 1. The van der Waals surface area contributed by atoms with Crippen LogP contribution in [0.15, 0.2) is 0 Å². The molecule has 1 saturated carbocycles. The van der Waals surface area contributed by atoms with E-state index in [1.165, 1.54) is 6.42 Å². The SMILES string of the molecule is CC1CC(OC(=O)C2COCC2N)CC(C)(C)C1. The fourth-order valence-electron chi connectivity index (χ4n) is 3.41. The number of rotatable bonds is 2. The molecule has 2 fully saturated rings. The molecule has 0 bridgehead atoms. The molecule has 2 N–H and O–H groups in total. The Bertz CT molecular complexity index is 316. The maximum Gasteiger partial charge on any atom is 0.313 e. The zero-order valence-electron chi connectivity index (χ0n) is 11.6. The topological polar surface area (TPSA) is 61.5 Å². The smallest absolute Gasteiger partial charge is 0.313 e. The lowest BCUT2D eigenvalue weighted by Gasteiger charge is -2.38. The van der Waals surface area contributed by atoms with Crippen LogP contribution >= 0.6 is 0 Å². The predicted molar refractivity (Wildman–Crippen MR) is 69.0 cm³/mol. The van der Waals surface area contributed by atoms with Crippen LogP contribution in [0.1, 0.15) is 40.0 Å². The molecule has 0 aromatic rings. The minimum Gasteiger partial charge on any atom is -0.462 e. The van der Waals surface area contributed by atoms with E-state index in [1.807, 2.05) is 0 Å². The Morgan fingerprint density at radius 3 is 2.61 bits per heavy atom. The van der Waals surface area contributed by atoms with E-state index in [0.29, 0.717) is 19.1 Å². The van der Waals surface area contributed by atoms with Crippen molar-refractivity contribution in [3.63, 3.8) is 0 Å². The molecule has 4 unspecified atom stereocenters. The van der Waals surface area contributed by atoms with Crippen molar-refractivity contribution in [2.45, 2.75) is 52.2 Å². The number of carbonyl (C=O) groups excluding carboxylic acids is 1. The average Bonchev–Trinajstić information content (AvgIpc) is 2.60. The molecule has 0 aromatic carbocycles. The van der Waals surface area contributed by atoms with Gasteiger partial charge >= 0.3 is 5.97 Å². The van der Waals surface area contributed by atoms with E-state index in [4.69, 9.17) is 15.2 Å². The maximum atomic E-state index is 12.1. The lowest BCUT2D eigenvalue weighted by atomic mass is 9.71. The summed E-state index contributed by atoms with van der Waals surface area (Å²) in [6.45, 7) is 7.59. The molecule has 0 radical (unpaired) electrons. The quantitative estimate of drug-likeness (QED) is 0.763. The molecule has 2 rings (SSSR count). The first-order valence-electron chi connectivity index (χ1n) is 6.91. The van der Waals surface area contributed by atoms with Crippen LogP contribution in [0, 0.1) is 17.3 Å². The van der Waals surface area contributed by atoms with Crippen molar-refractivity contribution in [3.05, 3.63) is 0 Å². The zero-order chi connectivity index (χ0) is 13.3. The van der Waals surface area contributed by atoms with Crippen molar-refractivity contribution in [1.82, 2.24) is 0 Å². The summed E-state index contributed by atoms with van der Waals surface area (Å²) in [5, 5.41) is 0. The lowest BCUT2D eigenvalue weighted by molar-refractivity contribution is -0.158. The Kier molecular flexibility index (Phi) is 3.97. The zero-order valence-corrected chi connectivity index (χ0v) is 11.6. The van der Waals surface area contributed by atoms with Gasteiger partial charge in [0.1, 0.15) is 6.10 Å². The van der Waals surface area contributed by atoms with Crippen LogP contribution in [0.5, 0.6) is 0 Å². The Balaban J connectivity index is 1.90. The Hall–Kier alpha value is -0.610. The van der Waals surface area contributed by atoms with Crippen LogP contribution in [-0.2, 0) is 14.3 Å². The number of nitrogens with two attached hydrogens (primary N) is 1. The molecule has 1 aliphatic heterocycles. The summed E-state index contributed by atoms with van der Waals surface area (Å²) in [6.07, 6.45) is 3.17. The second-order valence-corrected chi connectivity index (χ2v) is 6.78. The van der Waals surface area contributed by atoms with Crippen LogP contribution in [0.2, 0.25) is 0 Å². The van der Waals surface area contributed by atoms with Crippen molar-refractivity contribution in [2.24, 2.45) is 23.0 Å². The standard InChI is InChI=1S/C14H25NO3/c1-9-4-10(6-14(2,3)5-9)18-13(16)11-7-17-8-12(11)15/h9-12H,4-8,15H2,1-3H3. The predicted octanol–water partition coefficient (Wildman–Crippen LogP) is 1.72. The minimum absolute atomic E-state index is 0.0454. The Morgan fingerprint density at radius 1 is 1.33 bits per heavy atom. The van der Waals surface area contributed by atoms with Gasteiger partial charge in [0.2, 0.25) is 0 Å². The average molecular weight is 255 g/mol. The highest BCUT2D eigenvalue weighted by Crippen LogP contribution is 2.40. The first-order valence-corrected chi connectivity index (χ1v) is 6.91. The van der Waals surface area contributed by atoms with Gasteiger partial charge in [0.15, 0.2) is 0 Å². The molecule has 18 heavy (non-hydrogen) atoms. The molecular weight excluding hydrogens is 230 g/mol. The van der Waals surface area contributed by atoms with E-state index in [1.54, 1.807) is 0 Å². The second-order valence-electron chi connectivity index (χ2n) is 6.78. The second kappa shape index (κ2) is 5.17. The third kappa shape index (κ3) is 3.23. The van der Waals surface area contributed by atoms with E-state index in [2.05, 4.69) is 20.8 Å². The van der Waals surface area contributed by atoms with Gasteiger partial charge in [-0.2, -0.15) is 0 Å². The van der Waals surface area contributed by atoms with Gasteiger partial charge in [0.05, 0.1) is 19.1 Å². The molecule has 1 aliphatic carbocycles. The normalized spacial score (nSPS) is 39.6. The van der Waals surface area contributed by atoms with E-state index < -0.39 is 0 Å². The first-order chi connectivity index (χ1) is 8.37. The lowest BCUT2D eigenvalue weighted by Crippen LogP contribution is -2.39. The van der Waals surface area contributed by atoms with Gasteiger partial charge < -0.3 is 15.2 Å². The molecule has 4 nitrogen and oxygen atoms in total. The van der Waals surface area contributed by atoms with Gasteiger partial charge in [-0.3, -0.25) is 4.79 Å². The third-order valence-electron chi connectivity index (χ3n) is 4.06. The summed E-state index contributed by atoms with van der Waals surface area (Å²) in [7, 11) is 0. The number of hydrogen-bond acceptors (Lipinski definition) is 4. The monoisotopic (exact) mass is 255 g/mol. The minimum atomic E-state index is -0.273. The van der Waals surface area contributed by atoms with Crippen molar-refractivity contribution in [2.75, 3.05) is 13.2 Å². The summed E-state index contributed by atoms with van der Waals surface area (Å²) in [5.41, 5.74) is 6.10.